The lowest BCUT2D eigenvalue weighted by Gasteiger charge is -2.08. The number of benzene rings is 2. The fourth-order valence-electron chi connectivity index (χ4n) is 2.21. The molecule has 0 spiro atoms. The highest BCUT2D eigenvalue weighted by atomic mass is 14.8. The van der Waals surface area contributed by atoms with Crippen LogP contribution in [0, 0.1) is 6.92 Å². The van der Waals surface area contributed by atoms with Crippen LogP contribution in [0.2, 0.25) is 0 Å². The van der Waals surface area contributed by atoms with E-state index in [1.54, 1.807) is 0 Å². The van der Waals surface area contributed by atoms with Crippen molar-refractivity contribution in [1.82, 2.24) is 4.98 Å². The monoisotopic (exact) mass is 234 g/mol. The van der Waals surface area contributed by atoms with Crippen molar-refractivity contribution in [3.05, 3.63) is 60.2 Å². The van der Waals surface area contributed by atoms with E-state index in [-0.39, 0.29) is 0 Å². The van der Waals surface area contributed by atoms with Crippen molar-refractivity contribution < 1.29 is 0 Å². The van der Waals surface area contributed by atoms with Gasteiger partial charge in [0.15, 0.2) is 0 Å². The number of aryl methyl sites for hydroxylation is 1. The highest BCUT2D eigenvalue weighted by Crippen LogP contribution is 2.28. The molecule has 0 aliphatic heterocycles. The van der Waals surface area contributed by atoms with E-state index < -0.39 is 0 Å². The highest BCUT2D eigenvalue weighted by Gasteiger charge is 2.07. The van der Waals surface area contributed by atoms with E-state index in [1.807, 2.05) is 24.3 Å². The van der Waals surface area contributed by atoms with Crippen LogP contribution >= 0.6 is 0 Å². The molecule has 0 bridgehead atoms. The van der Waals surface area contributed by atoms with Crippen molar-refractivity contribution in [2.45, 2.75) is 6.92 Å². The first-order chi connectivity index (χ1) is 8.75. The lowest BCUT2D eigenvalue weighted by atomic mass is 10.0. The van der Waals surface area contributed by atoms with Crippen LogP contribution in [-0.4, -0.2) is 4.98 Å². The molecular formula is C16H14N2. The van der Waals surface area contributed by atoms with Gasteiger partial charge in [-0.15, -0.1) is 0 Å². The molecule has 0 saturated carbocycles. The lowest BCUT2D eigenvalue weighted by molar-refractivity contribution is 1.37. The second kappa shape index (κ2) is 4.15. The molecule has 1 heterocycles. The molecular weight excluding hydrogens is 220 g/mol. The van der Waals surface area contributed by atoms with Crippen LogP contribution in [0.5, 0.6) is 0 Å². The van der Waals surface area contributed by atoms with Gasteiger partial charge in [0.25, 0.3) is 0 Å². The number of para-hydroxylation sites is 1. The maximum absolute atomic E-state index is 6.08. The molecule has 0 amide bonds. The van der Waals surface area contributed by atoms with Gasteiger partial charge in [-0.25, -0.2) is 4.98 Å². The van der Waals surface area contributed by atoms with Crippen molar-refractivity contribution in [3.63, 3.8) is 0 Å². The number of pyridine rings is 1. The zero-order valence-electron chi connectivity index (χ0n) is 10.2. The van der Waals surface area contributed by atoms with E-state index in [2.05, 4.69) is 42.2 Å². The van der Waals surface area contributed by atoms with Gasteiger partial charge in [0, 0.05) is 10.9 Å². The second-order valence-corrected chi connectivity index (χ2v) is 4.43. The van der Waals surface area contributed by atoms with Gasteiger partial charge >= 0.3 is 0 Å². The van der Waals surface area contributed by atoms with Gasteiger partial charge in [0.2, 0.25) is 0 Å². The van der Waals surface area contributed by atoms with Crippen LogP contribution in [0.25, 0.3) is 22.0 Å². The standard InChI is InChI=1S/C16H14N2/c1-11-6-5-9-13-10-14(16(17)18-15(11)13)12-7-3-2-4-8-12/h2-10H,1H3,(H2,17,18). The Bertz CT molecular complexity index is 703. The number of aromatic nitrogens is 1. The molecule has 0 fully saturated rings. The fraction of sp³-hybridized carbons (Fsp3) is 0.0625. The molecule has 88 valence electrons. The Morgan fingerprint density at radius 1 is 0.944 bits per heavy atom. The molecule has 2 heteroatoms. The predicted molar refractivity (Wildman–Crippen MR) is 76.3 cm³/mol. The largest absolute Gasteiger partial charge is 0.383 e. The summed E-state index contributed by atoms with van der Waals surface area (Å²) >= 11 is 0. The van der Waals surface area contributed by atoms with Crippen LogP contribution < -0.4 is 5.73 Å². The van der Waals surface area contributed by atoms with Gasteiger partial charge in [-0.3, -0.25) is 0 Å². The maximum atomic E-state index is 6.08. The number of nitrogens with two attached hydrogens (primary N) is 1. The van der Waals surface area contributed by atoms with E-state index >= 15 is 0 Å². The Morgan fingerprint density at radius 3 is 2.50 bits per heavy atom. The SMILES string of the molecule is Cc1cccc2cc(-c3ccccc3)c(N)nc12. The topological polar surface area (TPSA) is 38.9 Å². The Kier molecular flexibility index (Phi) is 2.49. The maximum Gasteiger partial charge on any atom is 0.132 e. The summed E-state index contributed by atoms with van der Waals surface area (Å²) in [4.78, 5) is 4.53. The third kappa shape index (κ3) is 1.72. The predicted octanol–water partition coefficient (Wildman–Crippen LogP) is 3.79. The zero-order valence-corrected chi connectivity index (χ0v) is 10.2. The molecule has 1 aromatic heterocycles. The number of nitrogen functional groups attached to an aromatic ring is 1. The first kappa shape index (κ1) is 10.8. The molecule has 0 unspecified atom stereocenters. The summed E-state index contributed by atoms with van der Waals surface area (Å²) in [6.45, 7) is 2.05. The van der Waals surface area contributed by atoms with Crippen LogP contribution in [-0.2, 0) is 0 Å². The smallest absolute Gasteiger partial charge is 0.132 e. The average molecular weight is 234 g/mol. The van der Waals surface area contributed by atoms with Gasteiger partial charge in [-0.05, 0) is 24.1 Å². The van der Waals surface area contributed by atoms with Gasteiger partial charge in [-0.1, -0.05) is 48.5 Å². The Morgan fingerprint density at radius 2 is 1.72 bits per heavy atom. The second-order valence-electron chi connectivity index (χ2n) is 4.43. The molecule has 2 aromatic carbocycles. The Labute approximate surface area is 106 Å². The average Bonchev–Trinajstić information content (AvgIpc) is 2.40. The first-order valence-corrected chi connectivity index (χ1v) is 5.97. The molecule has 0 aliphatic carbocycles. The molecule has 0 radical (unpaired) electrons. The van der Waals surface area contributed by atoms with Crippen molar-refractivity contribution >= 4 is 16.7 Å². The van der Waals surface area contributed by atoms with Crippen molar-refractivity contribution in [1.29, 1.82) is 0 Å². The molecule has 0 atom stereocenters. The van der Waals surface area contributed by atoms with Gasteiger partial charge < -0.3 is 5.73 Å². The van der Waals surface area contributed by atoms with E-state index in [0.29, 0.717) is 5.82 Å². The first-order valence-electron chi connectivity index (χ1n) is 5.97. The molecule has 2 N–H and O–H groups in total. The molecule has 18 heavy (non-hydrogen) atoms. The third-order valence-corrected chi connectivity index (χ3v) is 3.16. The van der Waals surface area contributed by atoms with Crippen molar-refractivity contribution in [2.24, 2.45) is 0 Å². The minimum atomic E-state index is 0.586. The molecule has 0 saturated heterocycles. The van der Waals surface area contributed by atoms with E-state index in [0.717, 1.165) is 27.6 Å². The van der Waals surface area contributed by atoms with Crippen molar-refractivity contribution in [3.8, 4) is 11.1 Å². The van der Waals surface area contributed by atoms with E-state index in [4.69, 9.17) is 5.73 Å². The fourth-order valence-corrected chi connectivity index (χ4v) is 2.21. The normalized spacial score (nSPS) is 10.7. The van der Waals surface area contributed by atoms with Crippen molar-refractivity contribution in [2.75, 3.05) is 5.73 Å². The third-order valence-electron chi connectivity index (χ3n) is 3.16. The summed E-state index contributed by atoms with van der Waals surface area (Å²) in [6.07, 6.45) is 0. The molecule has 3 rings (SSSR count). The van der Waals surface area contributed by atoms with Crippen LogP contribution in [0.1, 0.15) is 5.56 Å². The van der Waals surface area contributed by atoms with Gasteiger partial charge in [-0.2, -0.15) is 0 Å². The quantitative estimate of drug-likeness (QED) is 0.695. The van der Waals surface area contributed by atoms with Crippen LogP contribution in [0.15, 0.2) is 54.6 Å². The number of nitrogens with zero attached hydrogens (tertiary/aromatic N) is 1. The van der Waals surface area contributed by atoms with E-state index in [1.165, 1.54) is 0 Å². The molecule has 0 aliphatic rings. The van der Waals surface area contributed by atoms with Gasteiger partial charge in [0.1, 0.15) is 5.82 Å². The number of fused-ring (bicyclic) bond motifs is 1. The van der Waals surface area contributed by atoms with Crippen LogP contribution in [0.4, 0.5) is 5.82 Å². The zero-order chi connectivity index (χ0) is 12.5. The highest BCUT2D eigenvalue weighted by molar-refractivity contribution is 5.90. The number of anilines is 1. The summed E-state index contributed by atoms with van der Waals surface area (Å²) in [5.41, 5.74) is 10.3. The van der Waals surface area contributed by atoms with E-state index in [9.17, 15) is 0 Å². The minimum Gasteiger partial charge on any atom is -0.383 e. The van der Waals surface area contributed by atoms with Gasteiger partial charge in [0.05, 0.1) is 5.52 Å². The molecule has 3 aromatic rings. The Hall–Kier alpha value is -2.35. The minimum absolute atomic E-state index is 0.586. The van der Waals surface area contributed by atoms with Crippen LogP contribution in [0.3, 0.4) is 0 Å². The number of hydrogen-bond donors (Lipinski definition) is 1. The summed E-state index contributed by atoms with van der Waals surface area (Å²) in [7, 11) is 0. The summed E-state index contributed by atoms with van der Waals surface area (Å²) < 4.78 is 0. The summed E-state index contributed by atoms with van der Waals surface area (Å²) in [6, 6.07) is 18.4. The molecule has 2 nitrogen and oxygen atoms in total. The lowest BCUT2D eigenvalue weighted by Crippen LogP contribution is -1.96. The number of hydrogen-bond acceptors (Lipinski definition) is 2. The number of rotatable bonds is 1. The summed E-state index contributed by atoms with van der Waals surface area (Å²) in [5.74, 6) is 0.586. The summed E-state index contributed by atoms with van der Waals surface area (Å²) in [5, 5.41) is 1.13. The Balaban J connectivity index is 2.29.